The summed E-state index contributed by atoms with van der Waals surface area (Å²) in [6.45, 7) is 3.83. The van der Waals surface area contributed by atoms with Gasteiger partial charge in [0.15, 0.2) is 5.78 Å². The van der Waals surface area contributed by atoms with Crippen LogP contribution in [0.5, 0.6) is 0 Å². The van der Waals surface area contributed by atoms with E-state index in [9.17, 15) is 9.59 Å². The maximum atomic E-state index is 12.6. The lowest BCUT2D eigenvalue weighted by atomic mass is 9.92. The Bertz CT molecular complexity index is 782. The largest absolute Gasteiger partial charge is 0.327 e. The lowest BCUT2D eigenvalue weighted by molar-refractivity contribution is -0.114. The first-order chi connectivity index (χ1) is 11.6. The highest BCUT2D eigenvalue weighted by molar-refractivity contribution is 5.98. The molecule has 0 aromatic heterocycles. The number of nitrogens with zero attached hydrogens (tertiary/aromatic N) is 1. The molecular formula is C20H20N2O2. The SMILES string of the molecule is CC(=O)C1=C(C)N(Cc2ccccc2)C(=O)N[C@@H]1c1ccccc1. The molecule has 1 aliphatic rings. The van der Waals surface area contributed by atoms with Crippen LogP contribution in [-0.4, -0.2) is 16.7 Å². The number of hydrogen-bond acceptors (Lipinski definition) is 2. The number of ketones is 1. The predicted octanol–water partition coefficient (Wildman–Crippen LogP) is 3.82. The molecule has 1 aliphatic heterocycles. The standard InChI is InChI=1S/C20H20N2O2/c1-14-18(15(2)23)19(17-11-7-4-8-12-17)21-20(24)22(14)13-16-9-5-3-6-10-16/h3-12,19H,13H2,1-2H3,(H,21,24)/t19-/m1/s1. The smallest absolute Gasteiger partial charge is 0.322 e. The van der Waals surface area contributed by atoms with Crippen molar-refractivity contribution in [3.63, 3.8) is 0 Å². The van der Waals surface area contributed by atoms with Gasteiger partial charge >= 0.3 is 6.03 Å². The Morgan fingerprint density at radius 1 is 1.04 bits per heavy atom. The molecule has 0 bridgehead atoms. The Hall–Kier alpha value is -2.88. The minimum absolute atomic E-state index is 0.0283. The third-order valence-electron chi connectivity index (χ3n) is 4.29. The van der Waals surface area contributed by atoms with Crippen molar-refractivity contribution in [2.75, 3.05) is 0 Å². The van der Waals surface area contributed by atoms with Crippen molar-refractivity contribution in [1.29, 1.82) is 0 Å². The van der Waals surface area contributed by atoms with Crippen molar-refractivity contribution >= 4 is 11.8 Å². The Morgan fingerprint density at radius 2 is 1.62 bits per heavy atom. The average molecular weight is 320 g/mol. The van der Waals surface area contributed by atoms with Gasteiger partial charge in [0.2, 0.25) is 0 Å². The molecule has 0 saturated heterocycles. The molecule has 2 aromatic carbocycles. The maximum Gasteiger partial charge on any atom is 0.322 e. The Morgan fingerprint density at radius 3 is 2.21 bits per heavy atom. The Kier molecular flexibility index (Phi) is 4.47. The average Bonchev–Trinajstić information content (AvgIpc) is 2.59. The molecule has 122 valence electrons. The number of amides is 2. The highest BCUT2D eigenvalue weighted by Crippen LogP contribution is 2.31. The van der Waals surface area contributed by atoms with Crippen molar-refractivity contribution in [2.45, 2.75) is 26.4 Å². The fraction of sp³-hybridized carbons (Fsp3) is 0.200. The molecule has 1 heterocycles. The predicted molar refractivity (Wildman–Crippen MR) is 93.1 cm³/mol. The summed E-state index contributed by atoms with van der Waals surface area (Å²) in [5, 5.41) is 2.97. The van der Waals surface area contributed by atoms with Gasteiger partial charge < -0.3 is 5.32 Å². The van der Waals surface area contributed by atoms with E-state index in [4.69, 9.17) is 0 Å². The van der Waals surface area contributed by atoms with E-state index in [1.165, 1.54) is 0 Å². The van der Waals surface area contributed by atoms with Gasteiger partial charge in [-0.2, -0.15) is 0 Å². The molecular weight excluding hydrogens is 300 g/mol. The van der Waals surface area contributed by atoms with Crippen LogP contribution in [0.3, 0.4) is 0 Å². The highest BCUT2D eigenvalue weighted by atomic mass is 16.2. The number of carbonyl (C=O) groups excluding carboxylic acids is 2. The van der Waals surface area contributed by atoms with Gasteiger partial charge in [-0.05, 0) is 25.0 Å². The normalized spacial score (nSPS) is 17.7. The summed E-state index contributed by atoms with van der Waals surface area (Å²) in [5.74, 6) is -0.0283. The summed E-state index contributed by atoms with van der Waals surface area (Å²) in [6, 6.07) is 18.8. The summed E-state index contributed by atoms with van der Waals surface area (Å²) in [7, 11) is 0. The van der Waals surface area contributed by atoms with E-state index in [1.54, 1.807) is 11.8 Å². The van der Waals surface area contributed by atoms with E-state index in [2.05, 4.69) is 5.32 Å². The second-order valence-electron chi connectivity index (χ2n) is 5.92. The molecule has 1 N–H and O–H groups in total. The van der Waals surface area contributed by atoms with Crippen molar-refractivity contribution < 1.29 is 9.59 Å². The van der Waals surface area contributed by atoms with Crippen molar-refractivity contribution in [3.05, 3.63) is 83.1 Å². The van der Waals surface area contributed by atoms with Crippen molar-refractivity contribution in [1.82, 2.24) is 10.2 Å². The lowest BCUT2D eigenvalue weighted by Crippen LogP contribution is -2.47. The second-order valence-corrected chi connectivity index (χ2v) is 5.92. The molecule has 4 nitrogen and oxygen atoms in total. The second kappa shape index (κ2) is 6.71. The van der Waals surface area contributed by atoms with Crippen LogP contribution in [0.25, 0.3) is 0 Å². The topological polar surface area (TPSA) is 49.4 Å². The van der Waals surface area contributed by atoms with Crippen LogP contribution >= 0.6 is 0 Å². The summed E-state index contributed by atoms with van der Waals surface area (Å²) < 4.78 is 0. The van der Waals surface area contributed by atoms with Gasteiger partial charge in [0.05, 0.1) is 12.6 Å². The first-order valence-electron chi connectivity index (χ1n) is 7.96. The van der Waals surface area contributed by atoms with E-state index < -0.39 is 6.04 Å². The molecule has 0 radical (unpaired) electrons. The summed E-state index contributed by atoms with van der Waals surface area (Å²) in [4.78, 5) is 26.5. The number of allylic oxidation sites excluding steroid dienone is 1. The van der Waals surface area contributed by atoms with Gasteiger partial charge in [-0.3, -0.25) is 9.69 Å². The molecule has 2 aromatic rings. The molecule has 0 aliphatic carbocycles. The molecule has 2 amide bonds. The number of urea groups is 1. The van der Waals surface area contributed by atoms with E-state index in [0.717, 1.165) is 11.1 Å². The molecule has 24 heavy (non-hydrogen) atoms. The number of nitrogens with one attached hydrogen (secondary N) is 1. The minimum Gasteiger partial charge on any atom is -0.327 e. The number of hydrogen-bond donors (Lipinski definition) is 1. The lowest BCUT2D eigenvalue weighted by Gasteiger charge is -2.35. The number of rotatable bonds is 4. The molecule has 3 rings (SSSR count). The summed E-state index contributed by atoms with van der Waals surface area (Å²) >= 11 is 0. The van der Waals surface area contributed by atoms with E-state index in [-0.39, 0.29) is 11.8 Å². The maximum absolute atomic E-state index is 12.6. The molecule has 0 unspecified atom stereocenters. The molecule has 0 saturated carbocycles. The van der Waals surface area contributed by atoms with Crippen LogP contribution < -0.4 is 5.32 Å². The van der Waals surface area contributed by atoms with Gasteiger partial charge in [0, 0.05) is 11.3 Å². The van der Waals surface area contributed by atoms with E-state index in [1.807, 2.05) is 67.6 Å². The van der Waals surface area contributed by atoms with Crippen LogP contribution in [0.2, 0.25) is 0 Å². The van der Waals surface area contributed by atoms with Gasteiger partial charge in [0.1, 0.15) is 0 Å². The first kappa shape index (κ1) is 16.0. The Labute approximate surface area is 141 Å². The summed E-state index contributed by atoms with van der Waals surface area (Å²) in [6.07, 6.45) is 0. The number of Topliss-reactive ketones (excluding diaryl/α,β-unsaturated/α-hetero) is 1. The molecule has 1 atom stereocenters. The fourth-order valence-corrected chi connectivity index (χ4v) is 3.09. The van der Waals surface area contributed by atoms with Crippen LogP contribution in [0, 0.1) is 0 Å². The van der Waals surface area contributed by atoms with Crippen LogP contribution in [0.15, 0.2) is 71.9 Å². The van der Waals surface area contributed by atoms with Gasteiger partial charge in [0.25, 0.3) is 0 Å². The minimum atomic E-state index is -0.400. The van der Waals surface area contributed by atoms with Crippen LogP contribution in [0.4, 0.5) is 4.79 Å². The van der Waals surface area contributed by atoms with Gasteiger partial charge in [-0.15, -0.1) is 0 Å². The third-order valence-corrected chi connectivity index (χ3v) is 4.29. The quantitative estimate of drug-likeness (QED) is 0.931. The molecule has 0 spiro atoms. The zero-order chi connectivity index (χ0) is 17.1. The van der Waals surface area contributed by atoms with Crippen LogP contribution in [0.1, 0.15) is 31.0 Å². The van der Waals surface area contributed by atoms with Gasteiger partial charge in [-0.25, -0.2) is 4.79 Å². The summed E-state index contributed by atoms with van der Waals surface area (Å²) in [5.41, 5.74) is 3.28. The zero-order valence-electron chi connectivity index (χ0n) is 13.8. The van der Waals surface area contributed by atoms with E-state index >= 15 is 0 Å². The monoisotopic (exact) mass is 320 g/mol. The van der Waals surface area contributed by atoms with Crippen LogP contribution in [-0.2, 0) is 11.3 Å². The zero-order valence-corrected chi connectivity index (χ0v) is 13.8. The highest BCUT2D eigenvalue weighted by Gasteiger charge is 2.33. The van der Waals surface area contributed by atoms with Gasteiger partial charge in [-0.1, -0.05) is 60.7 Å². The van der Waals surface area contributed by atoms with Crippen molar-refractivity contribution in [2.24, 2.45) is 0 Å². The number of carbonyl (C=O) groups is 2. The number of benzene rings is 2. The molecule has 0 fully saturated rings. The van der Waals surface area contributed by atoms with E-state index in [0.29, 0.717) is 17.8 Å². The molecule has 4 heteroatoms. The Balaban J connectivity index is 2.00. The fourth-order valence-electron chi connectivity index (χ4n) is 3.09. The van der Waals surface area contributed by atoms with Crippen molar-refractivity contribution in [3.8, 4) is 0 Å². The third kappa shape index (κ3) is 3.08. The first-order valence-corrected chi connectivity index (χ1v) is 7.96.